The Morgan fingerprint density at radius 3 is 2.60 bits per heavy atom. The minimum Gasteiger partial charge on any atom is -0.339 e. The van der Waals surface area contributed by atoms with Crippen LogP contribution in [0.5, 0.6) is 0 Å². The lowest BCUT2D eigenvalue weighted by Crippen LogP contribution is -2.38. The molecule has 1 fully saturated rings. The van der Waals surface area contributed by atoms with Crippen molar-refractivity contribution in [2.24, 2.45) is 0 Å². The molecular weight excluding hydrogens is 390 g/mol. The number of nitrogens with zero attached hydrogens (tertiary/aromatic N) is 3. The third kappa shape index (κ3) is 4.71. The normalized spacial score (nSPS) is 15.3. The van der Waals surface area contributed by atoms with Crippen molar-refractivity contribution >= 4 is 11.6 Å². The minimum atomic E-state index is -0.789. The van der Waals surface area contributed by atoms with E-state index in [1.807, 2.05) is 36.1 Å². The highest BCUT2D eigenvalue weighted by molar-refractivity contribution is 5.92. The summed E-state index contributed by atoms with van der Waals surface area (Å²) in [6, 6.07) is 11.0. The molecule has 30 heavy (non-hydrogen) atoms. The van der Waals surface area contributed by atoms with E-state index >= 15 is 0 Å². The molecule has 1 aliphatic rings. The number of carbonyl (C=O) groups excluding carboxylic acids is 1. The number of amides is 1. The van der Waals surface area contributed by atoms with Gasteiger partial charge >= 0.3 is 0 Å². The number of nitrogens with one attached hydrogen (secondary N) is 1. The standard InChI is InChI=1S/C22H22F2N4O2/c1-14-2-4-15(5-3-14)21-26-22(30-27-21)16-8-10-28(11-9-16)13-20(29)25-19-7-6-17(23)12-18(19)24/h2-7,12,16H,8-11,13H2,1H3,(H,25,29). The van der Waals surface area contributed by atoms with E-state index in [0.717, 1.165) is 30.5 Å². The van der Waals surface area contributed by atoms with Gasteiger partial charge in [-0.15, -0.1) is 0 Å². The fourth-order valence-electron chi connectivity index (χ4n) is 3.54. The lowest BCUT2D eigenvalue weighted by atomic mass is 9.97. The average Bonchev–Trinajstić information content (AvgIpc) is 3.21. The van der Waals surface area contributed by atoms with Gasteiger partial charge in [0.1, 0.15) is 11.6 Å². The van der Waals surface area contributed by atoms with E-state index in [9.17, 15) is 13.6 Å². The Morgan fingerprint density at radius 1 is 1.17 bits per heavy atom. The molecule has 3 aromatic rings. The molecule has 2 heterocycles. The Hall–Kier alpha value is -3.13. The van der Waals surface area contributed by atoms with Gasteiger partial charge in [0.2, 0.25) is 17.6 Å². The Bertz CT molecular complexity index is 1030. The van der Waals surface area contributed by atoms with Gasteiger partial charge < -0.3 is 9.84 Å². The third-order valence-corrected chi connectivity index (χ3v) is 5.26. The van der Waals surface area contributed by atoms with E-state index in [2.05, 4.69) is 15.5 Å². The monoisotopic (exact) mass is 412 g/mol. The fraction of sp³-hybridized carbons (Fsp3) is 0.318. The molecule has 4 rings (SSSR count). The second kappa shape index (κ2) is 8.71. The number of benzene rings is 2. The topological polar surface area (TPSA) is 71.3 Å². The number of anilines is 1. The second-order valence-corrected chi connectivity index (χ2v) is 7.55. The number of rotatable bonds is 5. The van der Waals surface area contributed by atoms with Crippen molar-refractivity contribution in [3.63, 3.8) is 0 Å². The second-order valence-electron chi connectivity index (χ2n) is 7.55. The Morgan fingerprint density at radius 2 is 1.90 bits per heavy atom. The molecule has 156 valence electrons. The molecule has 6 nitrogen and oxygen atoms in total. The van der Waals surface area contributed by atoms with Crippen molar-refractivity contribution in [2.75, 3.05) is 25.0 Å². The lowest BCUT2D eigenvalue weighted by Gasteiger charge is -2.29. The van der Waals surface area contributed by atoms with E-state index in [-0.39, 0.29) is 24.1 Å². The summed E-state index contributed by atoms with van der Waals surface area (Å²) >= 11 is 0. The minimum absolute atomic E-state index is 0.0224. The molecule has 0 atom stereocenters. The van der Waals surface area contributed by atoms with Crippen molar-refractivity contribution in [1.82, 2.24) is 15.0 Å². The van der Waals surface area contributed by atoms with E-state index in [0.29, 0.717) is 24.8 Å². The van der Waals surface area contributed by atoms with Gasteiger partial charge in [-0.2, -0.15) is 4.98 Å². The molecule has 1 aromatic heterocycles. The maximum absolute atomic E-state index is 13.7. The molecule has 1 N–H and O–H groups in total. The first-order valence-corrected chi connectivity index (χ1v) is 9.86. The highest BCUT2D eigenvalue weighted by atomic mass is 19.1. The van der Waals surface area contributed by atoms with Gasteiger partial charge in [-0.05, 0) is 45.0 Å². The first kappa shape index (κ1) is 20.2. The number of aryl methyl sites for hydroxylation is 1. The molecule has 2 aromatic carbocycles. The summed E-state index contributed by atoms with van der Waals surface area (Å²) in [6.07, 6.45) is 1.57. The van der Waals surface area contributed by atoms with Crippen molar-refractivity contribution in [2.45, 2.75) is 25.7 Å². The van der Waals surface area contributed by atoms with Gasteiger partial charge in [-0.25, -0.2) is 8.78 Å². The van der Waals surface area contributed by atoms with Gasteiger partial charge in [-0.3, -0.25) is 9.69 Å². The van der Waals surface area contributed by atoms with Crippen LogP contribution < -0.4 is 5.32 Å². The quantitative estimate of drug-likeness (QED) is 0.682. The molecule has 0 spiro atoms. The van der Waals surface area contributed by atoms with Crippen LogP contribution in [0.15, 0.2) is 47.0 Å². The number of likely N-dealkylation sites (tertiary alicyclic amines) is 1. The van der Waals surface area contributed by atoms with Crippen LogP contribution in [0.2, 0.25) is 0 Å². The van der Waals surface area contributed by atoms with Crippen LogP contribution in [-0.2, 0) is 4.79 Å². The molecule has 0 unspecified atom stereocenters. The van der Waals surface area contributed by atoms with Crippen molar-refractivity contribution in [3.8, 4) is 11.4 Å². The van der Waals surface area contributed by atoms with Crippen molar-refractivity contribution in [3.05, 3.63) is 65.6 Å². The third-order valence-electron chi connectivity index (χ3n) is 5.26. The maximum Gasteiger partial charge on any atom is 0.238 e. The molecule has 1 aliphatic heterocycles. The number of carbonyl (C=O) groups is 1. The number of hydrogen-bond donors (Lipinski definition) is 1. The number of hydrogen-bond acceptors (Lipinski definition) is 5. The molecule has 0 radical (unpaired) electrons. The predicted octanol–water partition coefficient (Wildman–Crippen LogP) is 4.14. The number of halogens is 2. The lowest BCUT2D eigenvalue weighted by molar-refractivity contribution is -0.117. The van der Waals surface area contributed by atoms with Crippen LogP contribution in [0.4, 0.5) is 14.5 Å². The van der Waals surface area contributed by atoms with Crippen LogP contribution in [0, 0.1) is 18.6 Å². The van der Waals surface area contributed by atoms with Crippen LogP contribution >= 0.6 is 0 Å². The van der Waals surface area contributed by atoms with E-state index in [1.165, 1.54) is 11.6 Å². The number of piperidine rings is 1. The zero-order valence-corrected chi connectivity index (χ0v) is 16.6. The van der Waals surface area contributed by atoms with E-state index < -0.39 is 11.6 Å². The smallest absolute Gasteiger partial charge is 0.238 e. The summed E-state index contributed by atoms with van der Waals surface area (Å²) in [5.74, 6) is -0.470. The first-order valence-electron chi connectivity index (χ1n) is 9.86. The van der Waals surface area contributed by atoms with E-state index in [4.69, 9.17) is 4.52 Å². The molecule has 1 saturated heterocycles. The Balaban J connectivity index is 1.30. The molecule has 8 heteroatoms. The fourth-order valence-corrected chi connectivity index (χ4v) is 3.54. The van der Waals surface area contributed by atoms with Gasteiger partial charge in [0.05, 0.1) is 12.2 Å². The SMILES string of the molecule is Cc1ccc(-c2noc(C3CCN(CC(=O)Nc4ccc(F)cc4F)CC3)n2)cc1. The summed E-state index contributed by atoms with van der Waals surface area (Å²) in [4.78, 5) is 18.7. The Kier molecular flexibility index (Phi) is 5.85. The zero-order chi connectivity index (χ0) is 21.1. The largest absolute Gasteiger partial charge is 0.339 e. The van der Waals surface area contributed by atoms with Crippen LogP contribution in [0.25, 0.3) is 11.4 Å². The van der Waals surface area contributed by atoms with Crippen LogP contribution in [-0.4, -0.2) is 40.6 Å². The van der Waals surface area contributed by atoms with Crippen molar-refractivity contribution in [1.29, 1.82) is 0 Å². The summed E-state index contributed by atoms with van der Waals surface area (Å²) in [5, 5.41) is 6.58. The Labute approximate surface area is 172 Å². The van der Waals surface area contributed by atoms with Gasteiger partial charge in [-0.1, -0.05) is 35.0 Å². The summed E-state index contributed by atoms with van der Waals surface area (Å²) < 4.78 is 32.1. The van der Waals surface area contributed by atoms with Gasteiger partial charge in [0, 0.05) is 17.5 Å². The maximum atomic E-state index is 13.7. The van der Waals surface area contributed by atoms with Crippen molar-refractivity contribution < 1.29 is 18.1 Å². The molecule has 1 amide bonds. The number of aromatic nitrogens is 2. The summed E-state index contributed by atoms with van der Waals surface area (Å²) in [6.45, 7) is 3.54. The molecule has 0 bridgehead atoms. The van der Waals surface area contributed by atoms with Crippen LogP contribution in [0.3, 0.4) is 0 Å². The summed E-state index contributed by atoms with van der Waals surface area (Å²) in [7, 11) is 0. The average molecular weight is 412 g/mol. The van der Waals surface area contributed by atoms with Crippen LogP contribution in [0.1, 0.15) is 30.2 Å². The van der Waals surface area contributed by atoms with Gasteiger partial charge in [0.15, 0.2) is 0 Å². The first-order chi connectivity index (χ1) is 14.5. The molecule has 0 saturated carbocycles. The molecular formula is C22H22F2N4O2. The van der Waals surface area contributed by atoms with Gasteiger partial charge in [0.25, 0.3) is 0 Å². The highest BCUT2D eigenvalue weighted by Gasteiger charge is 2.26. The van der Waals surface area contributed by atoms with E-state index in [1.54, 1.807) is 0 Å². The molecule has 0 aliphatic carbocycles. The summed E-state index contributed by atoms with van der Waals surface area (Å²) in [5.41, 5.74) is 2.06. The zero-order valence-electron chi connectivity index (χ0n) is 16.6. The highest BCUT2D eigenvalue weighted by Crippen LogP contribution is 2.28. The predicted molar refractivity (Wildman–Crippen MR) is 108 cm³/mol.